The highest BCUT2D eigenvalue weighted by Crippen LogP contribution is 2.24. The molecule has 2 rings (SSSR count). The van der Waals surface area contributed by atoms with Crippen LogP contribution in [0.25, 0.3) is 0 Å². The number of nitrogens with one attached hydrogen (secondary N) is 1. The van der Waals surface area contributed by atoms with Crippen molar-refractivity contribution < 1.29 is 14.3 Å². The van der Waals surface area contributed by atoms with E-state index < -0.39 is 11.9 Å². The first-order valence-corrected chi connectivity index (χ1v) is 4.62. The van der Waals surface area contributed by atoms with E-state index in [0.717, 1.165) is 0 Å². The monoisotopic (exact) mass is 218 g/mol. The number of amides is 3. The molecule has 1 aromatic rings. The van der Waals surface area contributed by atoms with E-state index in [9.17, 15) is 9.59 Å². The Morgan fingerprint density at radius 3 is 2.31 bits per heavy atom. The molecule has 82 valence electrons. The molecular formula is C11H10N2O3. The van der Waals surface area contributed by atoms with Crippen molar-refractivity contribution in [3.63, 3.8) is 0 Å². The van der Waals surface area contributed by atoms with Gasteiger partial charge in [-0.3, -0.25) is 15.0 Å². The van der Waals surface area contributed by atoms with E-state index in [4.69, 9.17) is 4.74 Å². The van der Waals surface area contributed by atoms with Crippen molar-refractivity contribution in [1.82, 2.24) is 5.32 Å². The van der Waals surface area contributed by atoms with E-state index in [0.29, 0.717) is 11.4 Å². The van der Waals surface area contributed by atoms with Crippen molar-refractivity contribution in [3.8, 4) is 5.75 Å². The summed E-state index contributed by atoms with van der Waals surface area (Å²) in [7, 11) is 1.56. The maximum atomic E-state index is 11.5. The summed E-state index contributed by atoms with van der Waals surface area (Å²) in [6.07, 6.45) is 0. The van der Waals surface area contributed by atoms with Crippen LogP contribution in [0.1, 0.15) is 0 Å². The minimum Gasteiger partial charge on any atom is -0.497 e. The molecule has 1 aliphatic heterocycles. The standard InChI is InChI=1S/C11H10N2O3/c1-7-10(14)12-11(15)13(7)8-3-5-9(16-2)6-4-8/h3-6H,1H2,2H3,(H,12,14,15). The van der Waals surface area contributed by atoms with E-state index in [1.807, 2.05) is 0 Å². The van der Waals surface area contributed by atoms with Gasteiger partial charge in [0.2, 0.25) is 0 Å². The third-order valence-electron chi connectivity index (χ3n) is 2.29. The van der Waals surface area contributed by atoms with Crippen molar-refractivity contribution >= 4 is 17.6 Å². The van der Waals surface area contributed by atoms with Gasteiger partial charge in [0, 0.05) is 0 Å². The first-order chi connectivity index (χ1) is 7.63. The zero-order valence-corrected chi connectivity index (χ0v) is 8.69. The first kappa shape index (κ1) is 10.2. The summed E-state index contributed by atoms with van der Waals surface area (Å²) in [5, 5.41) is 2.16. The second kappa shape index (κ2) is 3.69. The lowest BCUT2D eigenvalue weighted by Crippen LogP contribution is -2.27. The predicted octanol–water partition coefficient (Wildman–Crippen LogP) is 1.27. The van der Waals surface area contributed by atoms with Gasteiger partial charge in [0.15, 0.2) is 0 Å². The third kappa shape index (κ3) is 1.52. The molecule has 16 heavy (non-hydrogen) atoms. The van der Waals surface area contributed by atoms with Crippen molar-refractivity contribution in [3.05, 3.63) is 36.5 Å². The zero-order valence-electron chi connectivity index (χ0n) is 8.69. The van der Waals surface area contributed by atoms with E-state index in [2.05, 4.69) is 11.9 Å². The number of rotatable bonds is 2. The van der Waals surface area contributed by atoms with Gasteiger partial charge < -0.3 is 4.74 Å². The fourth-order valence-corrected chi connectivity index (χ4v) is 1.45. The average Bonchev–Trinajstić information content (AvgIpc) is 2.54. The maximum absolute atomic E-state index is 11.5. The predicted molar refractivity (Wildman–Crippen MR) is 58.2 cm³/mol. The second-order valence-corrected chi connectivity index (χ2v) is 3.24. The molecule has 1 fully saturated rings. The summed E-state index contributed by atoms with van der Waals surface area (Å²) >= 11 is 0. The number of anilines is 1. The maximum Gasteiger partial charge on any atom is 0.333 e. The lowest BCUT2D eigenvalue weighted by Gasteiger charge is -2.14. The Morgan fingerprint density at radius 1 is 1.25 bits per heavy atom. The minimum atomic E-state index is -0.486. The van der Waals surface area contributed by atoms with Crippen molar-refractivity contribution in [2.45, 2.75) is 0 Å². The van der Waals surface area contributed by atoms with Gasteiger partial charge in [0.25, 0.3) is 5.91 Å². The van der Waals surface area contributed by atoms with Crippen LogP contribution in [-0.4, -0.2) is 19.0 Å². The largest absolute Gasteiger partial charge is 0.497 e. The van der Waals surface area contributed by atoms with Crippen LogP contribution in [0.5, 0.6) is 5.75 Å². The number of carbonyl (C=O) groups is 2. The molecule has 1 aromatic carbocycles. The average molecular weight is 218 g/mol. The number of imide groups is 1. The number of nitrogens with zero attached hydrogens (tertiary/aromatic N) is 1. The van der Waals surface area contributed by atoms with E-state index in [1.165, 1.54) is 4.90 Å². The molecule has 5 heteroatoms. The molecule has 0 unspecified atom stereocenters. The highest BCUT2D eigenvalue weighted by atomic mass is 16.5. The Balaban J connectivity index is 2.33. The Morgan fingerprint density at radius 2 is 1.88 bits per heavy atom. The van der Waals surface area contributed by atoms with Gasteiger partial charge in [-0.25, -0.2) is 4.79 Å². The van der Waals surface area contributed by atoms with Crippen LogP contribution in [0.2, 0.25) is 0 Å². The molecule has 1 heterocycles. The van der Waals surface area contributed by atoms with Gasteiger partial charge in [0.1, 0.15) is 11.4 Å². The van der Waals surface area contributed by atoms with Gasteiger partial charge in [-0.1, -0.05) is 6.58 Å². The number of benzene rings is 1. The summed E-state index contributed by atoms with van der Waals surface area (Å²) in [6, 6.07) is 6.29. The number of urea groups is 1. The van der Waals surface area contributed by atoms with E-state index in [-0.39, 0.29) is 5.70 Å². The Hall–Kier alpha value is -2.30. The normalized spacial score (nSPS) is 15.3. The number of hydrogen-bond acceptors (Lipinski definition) is 3. The Kier molecular flexibility index (Phi) is 2.36. The van der Waals surface area contributed by atoms with Crippen LogP contribution in [0.15, 0.2) is 36.5 Å². The summed E-state index contributed by atoms with van der Waals surface area (Å²) in [5.41, 5.74) is 0.698. The highest BCUT2D eigenvalue weighted by Gasteiger charge is 2.32. The smallest absolute Gasteiger partial charge is 0.333 e. The van der Waals surface area contributed by atoms with Crippen molar-refractivity contribution in [2.24, 2.45) is 0 Å². The molecule has 1 N–H and O–H groups in total. The van der Waals surface area contributed by atoms with Gasteiger partial charge in [-0.2, -0.15) is 0 Å². The second-order valence-electron chi connectivity index (χ2n) is 3.24. The first-order valence-electron chi connectivity index (χ1n) is 4.62. The molecule has 0 saturated carbocycles. The summed E-state index contributed by atoms with van der Waals surface area (Å²) < 4.78 is 5.00. The highest BCUT2D eigenvalue weighted by molar-refractivity contribution is 6.21. The van der Waals surface area contributed by atoms with Crippen LogP contribution in [0.3, 0.4) is 0 Å². The van der Waals surface area contributed by atoms with E-state index in [1.54, 1.807) is 31.4 Å². The topological polar surface area (TPSA) is 58.6 Å². The number of methoxy groups -OCH3 is 1. The third-order valence-corrected chi connectivity index (χ3v) is 2.29. The van der Waals surface area contributed by atoms with Gasteiger partial charge in [-0.15, -0.1) is 0 Å². The summed E-state index contributed by atoms with van der Waals surface area (Å²) in [5.74, 6) is 0.209. The van der Waals surface area contributed by atoms with Gasteiger partial charge in [-0.05, 0) is 24.3 Å². The van der Waals surface area contributed by atoms with Crippen LogP contribution < -0.4 is 15.0 Å². The molecule has 1 saturated heterocycles. The van der Waals surface area contributed by atoms with Gasteiger partial charge >= 0.3 is 6.03 Å². The van der Waals surface area contributed by atoms with Crippen LogP contribution in [0.4, 0.5) is 10.5 Å². The molecule has 0 aliphatic carbocycles. The Bertz CT molecular complexity index is 465. The molecule has 0 radical (unpaired) electrons. The van der Waals surface area contributed by atoms with Crippen LogP contribution >= 0.6 is 0 Å². The number of carbonyl (C=O) groups excluding carboxylic acids is 2. The summed E-state index contributed by atoms with van der Waals surface area (Å²) in [6.45, 7) is 3.55. The number of ether oxygens (including phenoxy) is 1. The van der Waals surface area contributed by atoms with E-state index >= 15 is 0 Å². The molecule has 3 amide bonds. The van der Waals surface area contributed by atoms with Crippen LogP contribution in [-0.2, 0) is 4.79 Å². The lowest BCUT2D eigenvalue weighted by atomic mass is 10.2. The molecule has 1 aliphatic rings. The van der Waals surface area contributed by atoms with Gasteiger partial charge in [0.05, 0.1) is 12.8 Å². The molecular weight excluding hydrogens is 208 g/mol. The Labute approximate surface area is 92.3 Å². The van der Waals surface area contributed by atoms with Crippen molar-refractivity contribution in [2.75, 3.05) is 12.0 Å². The molecule has 0 bridgehead atoms. The minimum absolute atomic E-state index is 0.121. The quantitative estimate of drug-likeness (QED) is 0.600. The zero-order chi connectivity index (χ0) is 11.7. The van der Waals surface area contributed by atoms with Crippen LogP contribution in [0, 0.1) is 0 Å². The molecule has 0 spiro atoms. The number of hydrogen-bond donors (Lipinski definition) is 1. The fourth-order valence-electron chi connectivity index (χ4n) is 1.45. The van der Waals surface area contributed by atoms with Crippen molar-refractivity contribution in [1.29, 1.82) is 0 Å². The SMILES string of the molecule is C=C1C(=O)NC(=O)N1c1ccc(OC)cc1. The molecule has 0 aromatic heterocycles. The summed E-state index contributed by atoms with van der Waals surface area (Å²) in [4.78, 5) is 23.9. The molecule has 0 atom stereocenters. The fraction of sp³-hybridized carbons (Fsp3) is 0.0909. The molecule has 5 nitrogen and oxygen atoms in total. The lowest BCUT2D eigenvalue weighted by molar-refractivity contribution is -0.115.